The van der Waals surface area contributed by atoms with E-state index in [1.807, 2.05) is 6.07 Å². The summed E-state index contributed by atoms with van der Waals surface area (Å²) in [7, 11) is 1.33. The molecule has 4 rings (SSSR count). The van der Waals surface area contributed by atoms with Crippen LogP contribution in [0.25, 0.3) is 0 Å². The third-order valence-corrected chi connectivity index (χ3v) is 8.71. The number of ether oxygens (including phenoxy) is 1. The van der Waals surface area contributed by atoms with Crippen LogP contribution in [0.1, 0.15) is 68.0 Å². The summed E-state index contributed by atoms with van der Waals surface area (Å²) < 4.78 is 5.73. The van der Waals surface area contributed by atoms with Crippen LogP contribution in [-0.2, 0) is 14.3 Å². The van der Waals surface area contributed by atoms with Crippen molar-refractivity contribution in [3.05, 3.63) is 14.7 Å². The number of imide groups is 1. The molecule has 2 aliphatic carbocycles. The summed E-state index contributed by atoms with van der Waals surface area (Å²) in [6.07, 6.45) is 5.70. The van der Waals surface area contributed by atoms with Gasteiger partial charge < -0.3 is 15.0 Å². The van der Waals surface area contributed by atoms with E-state index in [1.165, 1.54) is 18.4 Å². The van der Waals surface area contributed by atoms with Crippen LogP contribution in [0.4, 0.5) is 10.5 Å². The number of methoxy groups -OCH3 is 1. The van der Waals surface area contributed by atoms with Gasteiger partial charge in [0.05, 0.1) is 16.6 Å². The van der Waals surface area contributed by atoms with E-state index >= 15 is 0 Å². The molecule has 10 heteroatoms. The predicted molar refractivity (Wildman–Crippen MR) is 124 cm³/mol. The molecule has 0 aromatic carbocycles. The smallest absolute Gasteiger partial charge is 0.350 e. The summed E-state index contributed by atoms with van der Waals surface area (Å²) >= 11 is 4.71. The highest BCUT2D eigenvalue weighted by Gasteiger charge is 2.50. The van der Waals surface area contributed by atoms with Gasteiger partial charge >= 0.3 is 12.0 Å². The second kappa shape index (κ2) is 9.13. The first-order chi connectivity index (χ1) is 15.2. The van der Waals surface area contributed by atoms with Crippen molar-refractivity contribution in [3.8, 4) is 0 Å². The maximum absolute atomic E-state index is 13.8. The Labute approximate surface area is 199 Å². The second-order valence-electron chi connectivity index (χ2n) is 9.14. The zero-order chi connectivity index (χ0) is 23.0. The minimum Gasteiger partial charge on any atom is -0.465 e. The van der Waals surface area contributed by atoms with Crippen molar-refractivity contribution in [2.45, 2.75) is 69.9 Å². The summed E-state index contributed by atoms with van der Waals surface area (Å²) in [5.41, 5.74) is -0.332. The van der Waals surface area contributed by atoms with Gasteiger partial charge in [0, 0.05) is 12.0 Å². The second-order valence-corrected chi connectivity index (χ2v) is 11.6. The van der Waals surface area contributed by atoms with E-state index in [4.69, 9.17) is 4.74 Å². The predicted octanol–water partition coefficient (Wildman–Crippen LogP) is 3.98. The van der Waals surface area contributed by atoms with Crippen molar-refractivity contribution < 1.29 is 23.9 Å². The van der Waals surface area contributed by atoms with Gasteiger partial charge in [-0.3, -0.25) is 14.9 Å². The lowest BCUT2D eigenvalue weighted by Crippen LogP contribution is -2.54. The SMILES string of the molecule is COC(=O)c1sc(Br)cc1N(C(=O)C1CCC(C)CC1)C1CCC2(CC1)NC(=O)NC2=O. The molecule has 2 saturated carbocycles. The molecule has 32 heavy (non-hydrogen) atoms. The molecule has 0 atom stereocenters. The lowest BCUT2D eigenvalue weighted by atomic mass is 9.77. The van der Waals surface area contributed by atoms with Crippen molar-refractivity contribution >= 4 is 56.8 Å². The van der Waals surface area contributed by atoms with Crippen LogP contribution in [0, 0.1) is 11.8 Å². The summed E-state index contributed by atoms with van der Waals surface area (Å²) in [4.78, 5) is 52.6. The van der Waals surface area contributed by atoms with Crippen LogP contribution in [-0.4, -0.2) is 42.5 Å². The summed E-state index contributed by atoms with van der Waals surface area (Å²) in [6, 6.07) is 1.18. The zero-order valence-corrected chi connectivity index (χ0v) is 20.6. The quantitative estimate of drug-likeness (QED) is 0.456. The number of thiophene rings is 1. The molecule has 3 fully saturated rings. The number of nitrogens with one attached hydrogen (secondary N) is 2. The minimum atomic E-state index is -0.900. The average molecular weight is 526 g/mol. The Kier molecular flexibility index (Phi) is 6.63. The van der Waals surface area contributed by atoms with Crippen molar-refractivity contribution in [1.82, 2.24) is 10.6 Å². The Morgan fingerprint density at radius 3 is 2.38 bits per heavy atom. The lowest BCUT2D eigenvalue weighted by Gasteiger charge is -2.41. The molecule has 2 N–H and O–H groups in total. The first-order valence-corrected chi connectivity index (χ1v) is 12.7. The van der Waals surface area contributed by atoms with Crippen molar-refractivity contribution in [3.63, 3.8) is 0 Å². The average Bonchev–Trinajstić information content (AvgIpc) is 3.28. The lowest BCUT2D eigenvalue weighted by molar-refractivity contribution is -0.125. The molecule has 1 saturated heterocycles. The van der Waals surface area contributed by atoms with Gasteiger partial charge in [0.25, 0.3) is 5.91 Å². The van der Waals surface area contributed by atoms with E-state index in [0.29, 0.717) is 42.2 Å². The summed E-state index contributed by atoms with van der Waals surface area (Å²) in [5, 5.41) is 5.11. The van der Waals surface area contributed by atoms with Gasteiger partial charge in [-0.2, -0.15) is 0 Å². The molecule has 0 bridgehead atoms. The Bertz CT molecular complexity index is 932. The molecular formula is C22H28BrN3O5S. The van der Waals surface area contributed by atoms with E-state index in [1.54, 1.807) is 4.90 Å². The zero-order valence-electron chi connectivity index (χ0n) is 18.2. The highest BCUT2D eigenvalue weighted by Crippen LogP contribution is 2.42. The number of halogens is 1. The molecule has 1 aliphatic heterocycles. The van der Waals surface area contributed by atoms with E-state index < -0.39 is 17.5 Å². The van der Waals surface area contributed by atoms with Gasteiger partial charge in [-0.05, 0) is 79.3 Å². The first-order valence-electron chi connectivity index (χ1n) is 11.1. The van der Waals surface area contributed by atoms with Gasteiger partial charge in [-0.25, -0.2) is 9.59 Å². The normalized spacial score (nSPS) is 30.0. The number of amides is 4. The molecule has 1 aromatic heterocycles. The molecule has 0 radical (unpaired) electrons. The van der Waals surface area contributed by atoms with E-state index in [9.17, 15) is 19.2 Å². The molecule has 174 valence electrons. The number of hydrogen-bond donors (Lipinski definition) is 2. The number of urea groups is 1. The molecule has 1 spiro atoms. The maximum Gasteiger partial charge on any atom is 0.350 e. The molecule has 4 amide bonds. The van der Waals surface area contributed by atoms with E-state index in [-0.39, 0.29) is 23.8 Å². The molecule has 8 nitrogen and oxygen atoms in total. The Morgan fingerprint density at radius 2 is 1.81 bits per heavy atom. The number of rotatable bonds is 4. The first kappa shape index (κ1) is 23.2. The van der Waals surface area contributed by atoms with Crippen LogP contribution in [0.15, 0.2) is 9.85 Å². The van der Waals surface area contributed by atoms with Gasteiger partial charge in [-0.1, -0.05) is 6.92 Å². The molecule has 0 unspecified atom stereocenters. The molecular weight excluding hydrogens is 498 g/mol. The van der Waals surface area contributed by atoms with Crippen LogP contribution < -0.4 is 15.5 Å². The third kappa shape index (κ3) is 4.31. The van der Waals surface area contributed by atoms with Crippen LogP contribution in [0.5, 0.6) is 0 Å². The third-order valence-electron chi connectivity index (χ3n) is 7.10. The van der Waals surface area contributed by atoms with Crippen molar-refractivity contribution in [2.75, 3.05) is 12.0 Å². The Morgan fingerprint density at radius 1 is 1.16 bits per heavy atom. The number of carbonyl (C=O) groups is 4. The fourth-order valence-corrected chi connectivity index (χ4v) is 6.70. The number of esters is 1. The topological polar surface area (TPSA) is 105 Å². The minimum absolute atomic E-state index is 0.0354. The Balaban J connectivity index is 1.63. The fourth-order valence-electron chi connectivity index (χ4n) is 5.20. The molecule has 3 aliphatic rings. The van der Waals surface area contributed by atoms with Gasteiger partial charge in [0.1, 0.15) is 10.4 Å². The number of hydrogen-bond acceptors (Lipinski definition) is 6. The van der Waals surface area contributed by atoms with Gasteiger partial charge in [0.2, 0.25) is 5.91 Å². The standard InChI is InChI=1S/C22H28BrN3O5S/c1-12-3-5-13(6-4-12)18(27)26(15-11-16(23)32-17(15)19(28)31-2)14-7-9-22(10-8-14)20(29)24-21(30)25-22/h11-14H,3-10H2,1-2H3,(H2,24,25,29,30). The van der Waals surface area contributed by atoms with Crippen molar-refractivity contribution in [1.29, 1.82) is 0 Å². The molecule has 1 aromatic rings. The number of carbonyl (C=O) groups excluding carboxylic acids is 4. The van der Waals surface area contributed by atoms with Crippen LogP contribution in [0.3, 0.4) is 0 Å². The highest BCUT2D eigenvalue weighted by atomic mass is 79.9. The number of anilines is 1. The van der Waals surface area contributed by atoms with E-state index in [2.05, 4.69) is 33.5 Å². The van der Waals surface area contributed by atoms with Crippen LogP contribution in [0.2, 0.25) is 0 Å². The van der Waals surface area contributed by atoms with E-state index in [0.717, 1.165) is 29.5 Å². The van der Waals surface area contributed by atoms with Gasteiger partial charge in [0.15, 0.2) is 0 Å². The summed E-state index contributed by atoms with van der Waals surface area (Å²) in [5.74, 6) is -0.199. The van der Waals surface area contributed by atoms with Crippen molar-refractivity contribution in [2.24, 2.45) is 11.8 Å². The molecule has 2 heterocycles. The highest BCUT2D eigenvalue weighted by molar-refractivity contribution is 9.11. The summed E-state index contributed by atoms with van der Waals surface area (Å²) in [6.45, 7) is 2.21. The monoisotopic (exact) mass is 525 g/mol. The number of nitrogens with zero attached hydrogens (tertiary/aromatic N) is 1. The fraction of sp³-hybridized carbons (Fsp3) is 0.636. The van der Waals surface area contributed by atoms with Gasteiger partial charge in [-0.15, -0.1) is 11.3 Å². The Hall–Kier alpha value is -1.94. The maximum atomic E-state index is 13.8. The largest absolute Gasteiger partial charge is 0.465 e. The van der Waals surface area contributed by atoms with Crippen LogP contribution >= 0.6 is 27.3 Å².